The number of piperazine rings is 1. The molecule has 1 amide bonds. The van der Waals surface area contributed by atoms with Crippen LogP contribution in [0.25, 0.3) is 11.1 Å². The van der Waals surface area contributed by atoms with Crippen molar-refractivity contribution in [2.75, 3.05) is 46.4 Å². The van der Waals surface area contributed by atoms with Crippen molar-refractivity contribution < 1.29 is 9.53 Å². The highest BCUT2D eigenvalue weighted by molar-refractivity contribution is 5.78. The van der Waals surface area contributed by atoms with Gasteiger partial charge in [0, 0.05) is 44.8 Å². The number of pyridine rings is 1. The van der Waals surface area contributed by atoms with Gasteiger partial charge in [-0.15, -0.1) is 0 Å². The van der Waals surface area contributed by atoms with Gasteiger partial charge in [-0.25, -0.2) is 0 Å². The van der Waals surface area contributed by atoms with Gasteiger partial charge in [0.15, 0.2) is 0 Å². The molecule has 1 saturated heterocycles. The number of aromatic nitrogens is 1. The van der Waals surface area contributed by atoms with Crippen molar-refractivity contribution in [2.45, 2.75) is 52.0 Å². The molecule has 0 radical (unpaired) electrons. The van der Waals surface area contributed by atoms with E-state index in [1.807, 2.05) is 25.1 Å². The maximum Gasteiger partial charge on any atom is 0.226 e. The van der Waals surface area contributed by atoms with Gasteiger partial charge in [0.25, 0.3) is 0 Å². The third-order valence-electron chi connectivity index (χ3n) is 7.17. The predicted octanol–water partition coefficient (Wildman–Crippen LogP) is 4.13. The number of nitrogens with one attached hydrogen (secondary N) is 1. The summed E-state index contributed by atoms with van der Waals surface area (Å²) in [5.41, 5.74) is 4.15. The number of amides is 1. The summed E-state index contributed by atoms with van der Waals surface area (Å²) in [6, 6.07) is 12.4. The highest BCUT2D eigenvalue weighted by Gasteiger charge is 2.19. The Morgan fingerprint density at radius 3 is 2.50 bits per heavy atom. The average molecular weight is 465 g/mol. The van der Waals surface area contributed by atoms with Crippen molar-refractivity contribution in [3.05, 3.63) is 47.8 Å². The largest absolute Gasteiger partial charge is 0.494 e. The van der Waals surface area contributed by atoms with Crippen molar-refractivity contribution in [1.82, 2.24) is 20.1 Å². The maximum atomic E-state index is 12.6. The zero-order valence-electron chi connectivity index (χ0n) is 20.9. The van der Waals surface area contributed by atoms with Crippen LogP contribution in [0.4, 0.5) is 0 Å². The van der Waals surface area contributed by atoms with Crippen LogP contribution in [0.3, 0.4) is 0 Å². The molecular weight excluding hydrogens is 424 g/mol. The van der Waals surface area contributed by atoms with Crippen molar-refractivity contribution in [1.29, 1.82) is 0 Å². The zero-order chi connectivity index (χ0) is 23.8. The zero-order valence-corrected chi connectivity index (χ0v) is 20.9. The lowest BCUT2D eigenvalue weighted by molar-refractivity contribution is -0.120. The van der Waals surface area contributed by atoms with E-state index in [0.29, 0.717) is 13.0 Å². The third kappa shape index (κ3) is 7.03. The Kier molecular flexibility index (Phi) is 8.94. The van der Waals surface area contributed by atoms with Crippen LogP contribution in [0.1, 0.15) is 50.4 Å². The van der Waals surface area contributed by atoms with E-state index in [4.69, 9.17) is 9.72 Å². The van der Waals surface area contributed by atoms with Crippen molar-refractivity contribution in [2.24, 2.45) is 5.92 Å². The summed E-state index contributed by atoms with van der Waals surface area (Å²) in [5.74, 6) is 1.75. The smallest absolute Gasteiger partial charge is 0.226 e. The fraction of sp³-hybridized carbons (Fsp3) is 0.571. The van der Waals surface area contributed by atoms with Gasteiger partial charge in [-0.1, -0.05) is 43.9 Å². The summed E-state index contributed by atoms with van der Waals surface area (Å²) in [4.78, 5) is 22.4. The second kappa shape index (κ2) is 12.3. The van der Waals surface area contributed by atoms with Gasteiger partial charge in [0.1, 0.15) is 5.75 Å². The van der Waals surface area contributed by atoms with E-state index in [1.54, 1.807) is 0 Å². The lowest BCUT2D eigenvalue weighted by Crippen LogP contribution is -2.44. The van der Waals surface area contributed by atoms with Gasteiger partial charge < -0.3 is 15.0 Å². The first kappa shape index (κ1) is 24.7. The van der Waals surface area contributed by atoms with Crippen LogP contribution in [0, 0.1) is 5.92 Å². The fourth-order valence-electron chi connectivity index (χ4n) is 5.09. The Balaban J connectivity index is 1.45. The van der Waals surface area contributed by atoms with Crippen molar-refractivity contribution >= 4 is 5.91 Å². The van der Waals surface area contributed by atoms with E-state index in [2.05, 4.69) is 40.4 Å². The third-order valence-corrected chi connectivity index (χ3v) is 7.17. The molecule has 2 aliphatic rings. The summed E-state index contributed by atoms with van der Waals surface area (Å²) in [5, 5.41) is 3.12. The molecule has 1 aliphatic heterocycles. The van der Waals surface area contributed by atoms with E-state index >= 15 is 0 Å². The van der Waals surface area contributed by atoms with Crippen LogP contribution in [0.5, 0.6) is 5.75 Å². The molecule has 1 aromatic carbocycles. The molecule has 6 heteroatoms. The second-order valence-electron chi connectivity index (χ2n) is 9.80. The Labute approximate surface area is 204 Å². The number of hydrogen-bond donors (Lipinski definition) is 1. The monoisotopic (exact) mass is 464 g/mol. The van der Waals surface area contributed by atoms with Gasteiger partial charge in [-0.2, -0.15) is 0 Å². The number of rotatable bonds is 10. The number of likely N-dealkylation sites (N-methyl/N-ethyl adjacent to an activating group) is 1. The molecule has 1 N–H and O–H groups in total. The summed E-state index contributed by atoms with van der Waals surface area (Å²) >= 11 is 0. The highest BCUT2D eigenvalue weighted by atomic mass is 16.5. The fourth-order valence-corrected chi connectivity index (χ4v) is 5.09. The Bertz CT molecular complexity index is 917. The summed E-state index contributed by atoms with van der Waals surface area (Å²) in [6.45, 7) is 8.44. The molecule has 2 aromatic rings. The minimum Gasteiger partial charge on any atom is -0.494 e. The standard InChI is InChI=1S/C28H40N4O2/c1-3-34-25-11-8-23(9-12-25)26-13-10-24(20-28(33)29-15-14-22-6-4-5-7-22)30-27(26)21-32-18-16-31(2)17-19-32/h8-13,22H,3-7,14-21H2,1-2H3,(H,29,33). The molecule has 34 heavy (non-hydrogen) atoms. The average Bonchev–Trinajstić information content (AvgIpc) is 3.35. The molecule has 1 aromatic heterocycles. The van der Waals surface area contributed by atoms with Gasteiger partial charge in [0.05, 0.1) is 24.4 Å². The number of benzene rings is 1. The lowest BCUT2D eigenvalue weighted by Gasteiger charge is -2.32. The number of ether oxygens (including phenoxy) is 1. The molecule has 1 saturated carbocycles. The van der Waals surface area contributed by atoms with Crippen molar-refractivity contribution in [3.8, 4) is 16.9 Å². The Morgan fingerprint density at radius 1 is 1.06 bits per heavy atom. The summed E-state index contributed by atoms with van der Waals surface area (Å²) in [6.07, 6.45) is 6.77. The van der Waals surface area contributed by atoms with Gasteiger partial charge >= 0.3 is 0 Å². The number of carbonyl (C=O) groups is 1. The van der Waals surface area contributed by atoms with Crippen LogP contribution >= 0.6 is 0 Å². The van der Waals surface area contributed by atoms with Crippen molar-refractivity contribution in [3.63, 3.8) is 0 Å². The van der Waals surface area contributed by atoms with E-state index < -0.39 is 0 Å². The minimum atomic E-state index is 0.0739. The first-order valence-corrected chi connectivity index (χ1v) is 13.0. The van der Waals surface area contributed by atoms with Crippen LogP contribution < -0.4 is 10.1 Å². The van der Waals surface area contributed by atoms with E-state index in [9.17, 15) is 4.79 Å². The normalized spacial score (nSPS) is 17.7. The number of hydrogen-bond acceptors (Lipinski definition) is 5. The number of nitrogens with zero attached hydrogens (tertiary/aromatic N) is 3. The Hall–Kier alpha value is -2.44. The van der Waals surface area contributed by atoms with Gasteiger partial charge in [-0.3, -0.25) is 14.7 Å². The second-order valence-corrected chi connectivity index (χ2v) is 9.80. The van der Waals surface area contributed by atoms with Crippen LogP contribution in [-0.4, -0.2) is 67.1 Å². The molecule has 4 rings (SSSR count). The number of carbonyl (C=O) groups excluding carboxylic acids is 1. The van der Waals surface area contributed by atoms with Crippen LogP contribution in [0.2, 0.25) is 0 Å². The van der Waals surface area contributed by atoms with E-state index in [-0.39, 0.29) is 5.91 Å². The van der Waals surface area contributed by atoms with Crippen LogP contribution in [0.15, 0.2) is 36.4 Å². The van der Waals surface area contributed by atoms with Crippen LogP contribution in [-0.2, 0) is 17.8 Å². The molecule has 2 fully saturated rings. The van der Waals surface area contributed by atoms with E-state index in [0.717, 1.165) is 79.9 Å². The SMILES string of the molecule is CCOc1ccc(-c2ccc(CC(=O)NCCC3CCCC3)nc2CN2CCN(C)CC2)cc1. The summed E-state index contributed by atoms with van der Waals surface area (Å²) in [7, 11) is 2.17. The summed E-state index contributed by atoms with van der Waals surface area (Å²) < 4.78 is 5.61. The highest BCUT2D eigenvalue weighted by Crippen LogP contribution is 2.28. The molecule has 1 aliphatic carbocycles. The molecule has 0 unspecified atom stereocenters. The molecule has 0 atom stereocenters. The topological polar surface area (TPSA) is 57.7 Å². The maximum absolute atomic E-state index is 12.6. The predicted molar refractivity (Wildman–Crippen MR) is 137 cm³/mol. The molecule has 184 valence electrons. The quantitative estimate of drug-likeness (QED) is 0.573. The first-order chi connectivity index (χ1) is 16.6. The molecule has 0 spiro atoms. The lowest BCUT2D eigenvalue weighted by atomic mass is 10.0. The Morgan fingerprint density at radius 2 is 1.79 bits per heavy atom. The van der Waals surface area contributed by atoms with Gasteiger partial charge in [-0.05, 0) is 50.1 Å². The molecule has 6 nitrogen and oxygen atoms in total. The van der Waals surface area contributed by atoms with Gasteiger partial charge in [0.2, 0.25) is 5.91 Å². The molecule has 0 bridgehead atoms. The molecular formula is C28H40N4O2. The minimum absolute atomic E-state index is 0.0739. The first-order valence-electron chi connectivity index (χ1n) is 13.0. The van der Waals surface area contributed by atoms with E-state index in [1.165, 1.54) is 25.7 Å². The molecule has 2 heterocycles.